The predicted octanol–water partition coefficient (Wildman–Crippen LogP) is 4.79. The number of hydrogen-bond donors (Lipinski definition) is 0. The van der Waals surface area contributed by atoms with Crippen LogP contribution in [0.25, 0.3) is 5.57 Å². The molecular formula is C22H26O4. The number of benzene rings is 2. The van der Waals surface area contributed by atoms with E-state index in [-0.39, 0.29) is 5.97 Å². The minimum absolute atomic E-state index is 0.337. The fourth-order valence-electron chi connectivity index (χ4n) is 2.61. The number of carbonyl (C=O) groups excluding carboxylic acids is 1. The van der Waals surface area contributed by atoms with Gasteiger partial charge in [0.15, 0.2) is 11.5 Å². The molecule has 138 valence electrons. The molecule has 0 radical (unpaired) electrons. The Morgan fingerprint density at radius 1 is 1.04 bits per heavy atom. The summed E-state index contributed by atoms with van der Waals surface area (Å²) in [6.45, 7) is 6.83. The van der Waals surface area contributed by atoms with Gasteiger partial charge in [0.1, 0.15) is 0 Å². The first-order valence-electron chi connectivity index (χ1n) is 8.85. The summed E-state index contributed by atoms with van der Waals surface area (Å²) >= 11 is 0. The zero-order valence-electron chi connectivity index (χ0n) is 15.9. The molecule has 4 nitrogen and oxygen atoms in total. The molecule has 2 aromatic rings. The highest BCUT2D eigenvalue weighted by Crippen LogP contribution is 2.33. The van der Waals surface area contributed by atoms with Crippen molar-refractivity contribution in [1.82, 2.24) is 0 Å². The molecule has 0 aliphatic heterocycles. The molecule has 0 unspecified atom stereocenters. The third-order valence-electron chi connectivity index (χ3n) is 3.81. The average Bonchev–Trinajstić information content (AvgIpc) is 2.64. The smallest absolute Gasteiger partial charge is 0.331 e. The molecule has 2 rings (SSSR count). The van der Waals surface area contributed by atoms with Gasteiger partial charge in [0.2, 0.25) is 0 Å². The van der Waals surface area contributed by atoms with Crippen LogP contribution in [-0.2, 0) is 9.53 Å². The van der Waals surface area contributed by atoms with E-state index in [9.17, 15) is 4.79 Å². The molecule has 0 amide bonds. The molecule has 0 saturated carbocycles. The molecule has 0 aliphatic rings. The van der Waals surface area contributed by atoms with Crippen molar-refractivity contribution in [2.24, 2.45) is 0 Å². The van der Waals surface area contributed by atoms with Crippen LogP contribution in [0.5, 0.6) is 11.5 Å². The summed E-state index contributed by atoms with van der Waals surface area (Å²) in [5.41, 5.74) is 3.71. The Labute approximate surface area is 155 Å². The largest absolute Gasteiger partial charge is 0.493 e. The van der Waals surface area contributed by atoms with Crippen LogP contribution in [0.3, 0.4) is 0 Å². The quantitative estimate of drug-likeness (QED) is 0.505. The Balaban J connectivity index is 2.49. The lowest BCUT2D eigenvalue weighted by molar-refractivity contribution is -0.137. The molecule has 2 aromatic carbocycles. The van der Waals surface area contributed by atoms with Gasteiger partial charge in [-0.2, -0.15) is 0 Å². The van der Waals surface area contributed by atoms with Gasteiger partial charge in [0.25, 0.3) is 0 Å². The van der Waals surface area contributed by atoms with Gasteiger partial charge in [-0.1, -0.05) is 42.8 Å². The van der Waals surface area contributed by atoms with Crippen molar-refractivity contribution in [3.63, 3.8) is 0 Å². The molecule has 0 heterocycles. The molecule has 0 aromatic heterocycles. The molecule has 26 heavy (non-hydrogen) atoms. The second-order valence-corrected chi connectivity index (χ2v) is 5.89. The molecule has 0 bridgehead atoms. The van der Waals surface area contributed by atoms with Gasteiger partial charge in [0, 0.05) is 6.08 Å². The zero-order valence-corrected chi connectivity index (χ0v) is 15.9. The van der Waals surface area contributed by atoms with Crippen molar-refractivity contribution >= 4 is 11.5 Å². The molecule has 0 spiro atoms. The summed E-state index contributed by atoms with van der Waals surface area (Å²) in [7, 11) is 1.61. The van der Waals surface area contributed by atoms with Crippen LogP contribution >= 0.6 is 0 Å². The number of methoxy groups -OCH3 is 1. The lowest BCUT2D eigenvalue weighted by Gasteiger charge is -2.14. The normalized spacial score (nSPS) is 11.2. The van der Waals surface area contributed by atoms with E-state index in [4.69, 9.17) is 14.2 Å². The van der Waals surface area contributed by atoms with E-state index in [2.05, 4.69) is 6.92 Å². The van der Waals surface area contributed by atoms with Gasteiger partial charge < -0.3 is 14.2 Å². The number of aryl methyl sites for hydroxylation is 1. The van der Waals surface area contributed by atoms with Crippen LogP contribution in [0.2, 0.25) is 0 Å². The van der Waals surface area contributed by atoms with Crippen LogP contribution in [0.4, 0.5) is 0 Å². The number of carbonyl (C=O) groups is 1. The average molecular weight is 354 g/mol. The van der Waals surface area contributed by atoms with Crippen molar-refractivity contribution in [3.05, 3.63) is 65.2 Å². The summed E-state index contributed by atoms with van der Waals surface area (Å²) in [6.07, 6.45) is 2.45. The number of esters is 1. The molecule has 0 fully saturated rings. The van der Waals surface area contributed by atoms with Crippen molar-refractivity contribution < 1.29 is 19.0 Å². The maximum Gasteiger partial charge on any atom is 0.331 e. The highest BCUT2D eigenvalue weighted by atomic mass is 16.5. The number of ether oxygens (including phenoxy) is 3. The molecule has 0 N–H and O–H groups in total. The Morgan fingerprint density at radius 2 is 1.81 bits per heavy atom. The molecule has 0 atom stereocenters. The molecule has 0 saturated heterocycles. The van der Waals surface area contributed by atoms with Gasteiger partial charge >= 0.3 is 5.97 Å². The third-order valence-corrected chi connectivity index (χ3v) is 3.81. The summed E-state index contributed by atoms with van der Waals surface area (Å²) in [4.78, 5) is 12.1. The maximum absolute atomic E-state index is 12.1. The van der Waals surface area contributed by atoms with Gasteiger partial charge in [-0.25, -0.2) is 4.79 Å². The molecular weight excluding hydrogens is 328 g/mol. The summed E-state index contributed by atoms with van der Waals surface area (Å²) < 4.78 is 16.3. The van der Waals surface area contributed by atoms with Crippen LogP contribution in [0.1, 0.15) is 37.0 Å². The van der Waals surface area contributed by atoms with Gasteiger partial charge in [-0.15, -0.1) is 0 Å². The minimum atomic E-state index is -0.366. The lowest BCUT2D eigenvalue weighted by atomic mass is 9.96. The Kier molecular flexibility index (Phi) is 7.27. The van der Waals surface area contributed by atoms with E-state index in [0.29, 0.717) is 24.7 Å². The van der Waals surface area contributed by atoms with E-state index in [1.165, 1.54) is 6.08 Å². The van der Waals surface area contributed by atoms with Crippen molar-refractivity contribution in [2.45, 2.75) is 27.2 Å². The van der Waals surface area contributed by atoms with E-state index >= 15 is 0 Å². The predicted molar refractivity (Wildman–Crippen MR) is 104 cm³/mol. The minimum Gasteiger partial charge on any atom is -0.493 e. The topological polar surface area (TPSA) is 44.8 Å². The van der Waals surface area contributed by atoms with Crippen LogP contribution in [0, 0.1) is 6.92 Å². The van der Waals surface area contributed by atoms with Crippen molar-refractivity contribution in [1.29, 1.82) is 0 Å². The second-order valence-electron chi connectivity index (χ2n) is 5.89. The van der Waals surface area contributed by atoms with Crippen molar-refractivity contribution in [2.75, 3.05) is 20.3 Å². The monoisotopic (exact) mass is 354 g/mol. The summed E-state index contributed by atoms with van der Waals surface area (Å²) in [6, 6.07) is 13.7. The summed E-state index contributed by atoms with van der Waals surface area (Å²) in [5.74, 6) is 0.963. The zero-order chi connectivity index (χ0) is 18.9. The highest BCUT2D eigenvalue weighted by molar-refractivity contribution is 5.96. The van der Waals surface area contributed by atoms with Crippen molar-refractivity contribution in [3.8, 4) is 11.5 Å². The molecule has 0 aliphatic carbocycles. The van der Waals surface area contributed by atoms with Gasteiger partial charge in [0.05, 0.1) is 20.3 Å². The first-order valence-corrected chi connectivity index (χ1v) is 8.85. The van der Waals surface area contributed by atoms with Crippen LogP contribution in [0.15, 0.2) is 48.5 Å². The van der Waals surface area contributed by atoms with Crippen LogP contribution in [-0.4, -0.2) is 26.3 Å². The van der Waals surface area contributed by atoms with E-state index < -0.39 is 0 Å². The summed E-state index contributed by atoms with van der Waals surface area (Å²) in [5, 5.41) is 0. The first kappa shape index (κ1) is 19.6. The van der Waals surface area contributed by atoms with Gasteiger partial charge in [-0.3, -0.25) is 0 Å². The highest BCUT2D eigenvalue weighted by Gasteiger charge is 2.13. The van der Waals surface area contributed by atoms with Crippen LogP contribution < -0.4 is 9.47 Å². The lowest BCUT2D eigenvalue weighted by Crippen LogP contribution is -2.03. The fraction of sp³-hybridized carbons (Fsp3) is 0.318. The van der Waals surface area contributed by atoms with E-state index in [1.54, 1.807) is 14.0 Å². The standard InChI is InChI=1S/C22H26O4/c1-5-12-26-20-11-10-18(14-21(20)24-4)19(15-22(23)25-6-2)17-9-7-8-16(3)13-17/h7-11,13-15H,5-6,12H2,1-4H3/b19-15+. The Bertz CT molecular complexity index is 777. The Hall–Kier alpha value is -2.75. The molecule has 4 heteroatoms. The van der Waals surface area contributed by atoms with E-state index in [0.717, 1.165) is 28.7 Å². The maximum atomic E-state index is 12.1. The third kappa shape index (κ3) is 5.12. The fourth-order valence-corrected chi connectivity index (χ4v) is 2.61. The number of hydrogen-bond acceptors (Lipinski definition) is 4. The first-order chi connectivity index (χ1) is 12.6. The van der Waals surface area contributed by atoms with Gasteiger partial charge in [-0.05, 0) is 49.1 Å². The number of rotatable bonds is 8. The SMILES string of the molecule is CCCOc1ccc(/C(=C/C(=O)OCC)c2cccc(C)c2)cc1OC. The Morgan fingerprint density at radius 3 is 2.46 bits per heavy atom. The van der Waals surface area contributed by atoms with E-state index in [1.807, 2.05) is 49.4 Å². The second kappa shape index (κ2) is 9.66.